The van der Waals surface area contributed by atoms with E-state index in [4.69, 9.17) is 0 Å². The summed E-state index contributed by atoms with van der Waals surface area (Å²) in [4.78, 5) is 0. The monoisotopic (exact) mass is 285 g/mol. The maximum Gasteiger partial charge on any atom is 0.129 e. The average Bonchev–Trinajstić information content (AvgIpc) is 2.44. The lowest BCUT2D eigenvalue weighted by Crippen LogP contribution is -2.33. The fourth-order valence-electron chi connectivity index (χ4n) is 2.31. The van der Waals surface area contributed by atoms with E-state index in [0.717, 1.165) is 50.3 Å². The maximum atomic E-state index is 13.5. The van der Waals surface area contributed by atoms with Crippen molar-refractivity contribution in [3.05, 3.63) is 35.4 Å². The van der Waals surface area contributed by atoms with Crippen molar-refractivity contribution in [1.82, 2.24) is 5.32 Å². The topological polar surface area (TPSA) is 32.3 Å². The molecular weight excluding hydrogens is 260 g/mol. The predicted molar refractivity (Wildman–Crippen MR) is 77.5 cm³/mol. The maximum absolute atomic E-state index is 13.5. The van der Waals surface area contributed by atoms with Gasteiger partial charge in [0.25, 0.3) is 0 Å². The molecule has 2 unspecified atom stereocenters. The van der Waals surface area contributed by atoms with E-state index >= 15 is 0 Å². The van der Waals surface area contributed by atoms with Gasteiger partial charge in [0.1, 0.15) is 11.6 Å². The number of benzene rings is 1. The minimum Gasteiger partial charge on any atom is -0.387 e. The molecular formula is C16H25F2NO. The second-order valence-electron chi connectivity index (χ2n) is 5.22. The molecule has 0 spiro atoms. The quantitative estimate of drug-likeness (QED) is 0.720. The summed E-state index contributed by atoms with van der Waals surface area (Å²) >= 11 is 0. The lowest BCUT2D eigenvalue weighted by Gasteiger charge is -2.20. The van der Waals surface area contributed by atoms with Gasteiger partial charge in [-0.3, -0.25) is 0 Å². The van der Waals surface area contributed by atoms with Crippen molar-refractivity contribution in [3.63, 3.8) is 0 Å². The van der Waals surface area contributed by atoms with E-state index < -0.39 is 17.7 Å². The van der Waals surface area contributed by atoms with Gasteiger partial charge in [-0.25, -0.2) is 8.78 Å². The molecule has 2 nitrogen and oxygen atoms in total. The van der Waals surface area contributed by atoms with Gasteiger partial charge in [0.15, 0.2) is 0 Å². The van der Waals surface area contributed by atoms with Gasteiger partial charge in [-0.15, -0.1) is 0 Å². The summed E-state index contributed by atoms with van der Waals surface area (Å²) in [6.45, 7) is 4.50. The molecule has 0 heterocycles. The van der Waals surface area contributed by atoms with Gasteiger partial charge in [-0.2, -0.15) is 0 Å². The summed E-state index contributed by atoms with van der Waals surface area (Å²) in [5.74, 6) is -1.10. The van der Waals surface area contributed by atoms with E-state index in [0.29, 0.717) is 6.04 Å². The molecule has 2 atom stereocenters. The van der Waals surface area contributed by atoms with Crippen molar-refractivity contribution in [3.8, 4) is 0 Å². The number of rotatable bonds is 9. The predicted octanol–water partition coefficient (Wildman–Crippen LogP) is 3.95. The van der Waals surface area contributed by atoms with E-state index in [1.807, 2.05) is 0 Å². The molecule has 2 N–H and O–H groups in total. The molecule has 4 heteroatoms. The van der Waals surface area contributed by atoms with E-state index in [-0.39, 0.29) is 12.1 Å². The number of halogens is 2. The molecule has 0 fully saturated rings. The molecule has 0 radical (unpaired) electrons. The Kier molecular flexibility index (Phi) is 7.70. The number of nitrogens with one attached hydrogen (secondary N) is 1. The van der Waals surface area contributed by atoms with Gasteiger partial charge in [-0.05, 0) is 31.0 Å². The lowest BCUT2D eigenvalue weighted by molar-refractivity contribution is 0.163. The number of unbranched alkanes of at least 4 members (excludes halogenated alkanes) is 1. The van der Waals surface area contributed by atoms with Crippen molar-refractivity contribution in [1.29, 1.82) is 0 Å². The highest BCUT2D eigenvalue weighted by Gasteiger charge is 2.15. The number of hydrogen-bond acceptors (Lipinski definition) is 2. The summed E-state index contributed by atoms with van der Waals surface area (Å²) in [6, 6.07) is 3.49. The summed E-state index contributed by atoms with van der Waals surface area (Å²) in [7, 11) is 0. The molecule has 20 heavy (non-hydrogen) atoms. The molecule has 0 aromatic heterocycles. The third-order valence-corrected chi connectivity index (χ3v) is 3.46. The van der Waals surface area contributed by atoms with E-state index in [1.54, 1.807) is 0 Å². The first-order valence-corrected chi connectivity index (χ1v) is 7.44. The first-order valence-electron chi connectivity index (χ1n) is 7.44. The Bertz CT molecular complexity index is 398. The Labute approximate surface area is 120 Å². The van der Waals surface area contributed by atoms with Gasteiger partial charge < -0.3 is 10.4 Å². The van der Waals surface area contributed by atoms with Gasteiger partial charge >= 0.3 is 0 Å². The second kappa shape index (κ2) is 9.03. The fraction of sp³-hybridized carbons (Fsp3) is 0.625. The minimum absolute atomic E-state index is 0.0169. The molecule has 0 amide bonds. The normalized spacial score (nSPS) is 14.2. The zero-order valence-electron chi connectivity index (χ0n) is 12.3. The molecule has 1 aromatic carbocycles. The Morgan fingerprint density at radius 3 is 2.55 bits per heavy atom. The summed E-state index contributed by atoms with van der Waals surface area (Å²) in [5, 5.41) is 13.3. The van der Waals surface area contributed by atoms with Gasteiger partial charge in [0.2, 0.25) is 0 Å². The van der Waals surface area contributed by atoms with E-state index in [1.165, 1.54) is 0 Å². The molecule has 0 saturated carbocycles. The van der Waals surface area contributed by atoms with Crippen LogP contribution < -0.4 is 5.32 Å². The van der Waals surface area contributed by atoms with Crippen molar-refractivity contribution in [2.75, 3.05) is 6.54 Å². The molecule has 0 aliphatic rings. The minimum atomic E-state index is -1.02. The highest BCUT2D eigenvalue weighted by Crippen LogP contribution is 2.18. The Morgan fingerprint density at radius 2 is 1.90 bits per heavy atom. The number of hydrogen-bond donors (Lipinski definition) is 2. The van der Waals surface area contributed by atoms with Crippen LogP contribution in [0.15, 0.2) is 18.2 Å². The van der Waals surface area contributed by atoms with Crippen LogP contribution in [0.2, 0.25) is 0 Å². The Hall–Kier alpha value is -1.00. The van der Waals surface area contributed by atoms with Gasteiger partial charge in [0.05, 0.1) is 6.10 Å². The van der Waals surface area contributed by atoms with Crippen molar-refractivity contribution in [2.24, 2.45) is 0 Å². The van der Waals surface area contributed by atoms with E-state index in [9.17, 15) is 13.9 Å². The van der Waals surface area contributed by atoms with Crippen LogP contribution in [0.5, 0.6) is 0 Å². The SMILES string of the molecule is CCCCC(CCC)NCC(O)c1cc(F)ccc1F. The number of aliphatic hydroxyl groups is 1. The van der Waals surface area contributed by atoms with Crippen LogP contribution in [0.1, 0.15) is 57.6 Å². The first kappa shape index (κ1) is 17.1. The van der Waals surface area contributed by atoms with Crippen LogP contribution in [-0.2, 0) is 0 Å². The van der Waals surface area contributed by atoms with Crippen LogP contribution in [0.4, 0.5) is 8.78 Å². The summed E-state index contributed by atoms with van der Waals surface area (Å²) in [5.41, 5.74) is 0.0169. The molecule has 0 bridgehead atoms. The standard InChI is InChI=1S/C16H25F2NO/c1-3-5-7-13(6-4-2)19-11-16(20)14-10-12(17)8-9-15(14)18/h8-10,13,16,19-20H,3-7,11H2,1-2H3. The third kappa shape index (κ3) is 5.55. The zero-order chi connectivity index (χ0) is 15.0. The largest absolute Gasteiger partial charge is 0.387 e. The van der Waals surface area contributed by atoms with Crippen molar-refractivity contribution >= 4 is 0 Å². The molecule has 0 saturated heterocycles. The zero-order valence-corrected chi connectivity index (χ0v) is 12.3. The molecule has 1 rings (SSSR count). The van der Waals surface area contributed by atoms with Crippen LogP contribution in [-0.4, -0.2) is 17.7 Å². The van der Waals surface area contributed by atoms with Crippen molar-refractivity contribution < 1.29 is 13.9 Å². The van der Waals surface area contributed by atoms with Crippen molar-refractivity contribution in [2.45, 2.75) is 58.1 Å². The van der Waals surface area contributed by atoms with Crippen LogP contribution in [0.3, 0.4) is 0 Å². The van der Waals surface area contributed by atoms with Gasteiger partial charge in [-0.1, -0.05) is 33.1 Å². The molecule has 0 aliphatic heterocycles. The van der Waals surface area contributed by atoms with Crippen LogP contribution in [0.25, 0.3) is 0 Å². The lowest BCUT2D eigenvalue weighted by atomic mass is 10.0. The molecule has 0 aliphatic carbocycles. The second-order valence-corrected chi connectivity index (χ2v) is 5.22. The highest BCUT2D eigenvalue weighted by molar-refractivity contribution is 5.21. The Morgan fingerprint density at radius 1 is 1.15 bits per heavy atom. The average molecular weight is 285 g/mol. The molecule has 1 aromatic rings. The Balaban J connectivity index is 2.55. The smallest absolute Gasteiger partial charge is 0.129 e. The number of aliphatic hydroxyl groups excluding tert-OH is 1. The van der Waals surface area contributed by atoms with E-state index in [2.05, 4.69) is 19.2 Å². The summed E-state index contributed by atoms with van der Waals surface area (Å²) < 4.78 is 26.6. The molecule has 114 valence electrons. The first-order chi connectivity index (χ1) is 9.58. The highest BCUT2D eigenvalue weighted by atomic mass is 19.1. The third-order valence-electron chi connectivity index (χ3n) is 3.46. The fourth-order valence-corrected chi connectivity index (χ4v) is 2.31. The van der Waals surface area contributed by atoms with Crippen LogP contribution >= 0.6 is 0 Å². The van der Waals surface area contributed by atoms with Gasteiger partial charge in [0, 0.05) is 18.2 Å². The summed E-state index contributed by atoms with van der Waals surface area (Å²) in [6.07, 6.45) is 4.37. The van der Waals surface area contributed by atoms with Crippen LogP contribution in [0, 0.1) is 11.6 Å².